The summed E-state index contributed by atoms with van der Waals surface area (Å²) in [6, 6.07) is 0. The maximum absolute atomic E-state index is 12.6. The zero-order chi connectivity index (χ0) is 14.9. The van der Waals surface area contributed by atoms with Gasteiger partial charge in [0.15, 0.2) is 0 Å². The maximum atomic E-state index is 12.6. The van der Waals surface area contributed by atoms with Crippen LogP contribution in [0.1, 0.15) is 54.4 Å². The van der Waals surface area contributed by atoms with Gasteiger partial charge in [-0.15, -0.1) is 0 Å². The van der Waals surface area contributed by atoms with E-state index in [1.165, 1.54) is 0 Å². The van der Waals surface area contributed by atoms with Gasteiger partial charge >= 0.3 is 0 Å². The lowest BCUT2D eigenvalue weighted by molar-refractivity contribution is -0.128. The molecular formula is C15H30BNO2. The molecule has 2 N–H and O–H groups in total. The summed E-state index contributed by atoms with van der Waals surface area (Å²) < 4.78 is 0. The first-order chi connectivity index (χ1) is 8.56. The Bertz CT molecular complexity index is 338. The summed E-state index contributed by atoms with van der Waals surface area (Å²) in [5, 5.41) is 12.4. The maximum Gasteiger partial charge on any atom is 0.226 e. The third kappa shape index (κ3) is 3.74. The van der Waals surface area contributed by atoms with Crippen LogP contribution in [0.25, 0.3) is 0 Å². The third-order valence-corrected chi connectivity index (χ3v) is 4.35. The molecule has 1 saturated carbocycles. The molecule has 0 bridgehead atoms. The molecule has 4 heteroatoms. The molecule has 3 nitrogen and oxygen atoms in total. The van der Waals surface area contributed by atoms with Crippen LogP contribution < -0.4 is 5.32 Å². The largest absolute Gasteiger partial charge is 0.392 e. The molecule has 0 aliphatic heterocycles. The molecular weight excluding hydrogens is 237 g/mol. The molecule has 1 aliphatic carbocycles. The Balaban J connectivity index is 2.81. The van der Waals surface area contributed by atoms with Crippen LogP contribution in [0, 0.1) is 10.8 Å². The number of hydrogen-bond donors (Lipinski definition) is 2. The van der Waals surface area contributed by atoms with Gasteiger partial charge in [-0.25, -0.2) is 0 Å². The fourth-order valence-corrected chi connectivity index (χ4v) is 3.53. The summed E-state index contributed by atoms with van der Waals surface area (Å²) in [4.78, 5) is 12.6. The number of hydrogen-bond acceptors (Lipinski definition) is 2. The lowest BCUT2D eigenvalue weighted by atomic mass is 9.55. The molecule has 19 heavy (non-hydrogen) atoms. The predicted molar refractivity (Wildman–Crippen MR) is 81.8 cm³/mol. The normalized spacial score (nSPS) is 31.7. The van der Waals surface area contributed by atoms with Crippen LogP contribution in [0.4, 0.5) is 0 Å². The molecule has 3 atom stereocenters. The Morgan fingerprint density at radius 2 is 2.05 bits per heavy atom. The molecule has 0 spiro atoms. The number of aliphatic hydroxyl groups excluding tert-OH is 1. The first-order valence-corrected chi connectivity index (χ1v) is 7.53. The second-order valence-electron chi connectivity index (χ2n) is 7.87. The van der Waals surface area contributed by atoms with E-state index in [2.05, 4.69) is 39.9 Å². The Kier molecular flexibility index (Phi) is 4.77. The van der Waals surface area contributed by atoms with E-state index >= 15 is 0 Å². The van der Waals surface area contributed by atoms with Gasteiger partial charge in [-0.2, -0.15) is 0 Å². The lowest BCUT2D eigenvalue weighted by Gasteiger charge is -2.29. The SMILES string of the molecule is CCBC1(C)CC1(CC(C)(C)C)C(=O)NCC(C)O. The van der Waals surface area contributed by atoms with Crippen LogP contribution >= 0.6 is 0 Å². The molecule has 0 saturated heterocycles. The highest BCUT2D eigenvalue weighted by Crippen LogP contribution is 2.73. The summed E-state index contributed by atoms with van der Waals surface area (Å²) in [6.45, 7) is 13.1. The highest BCUT2D eigenvalue weighted by molar-refractivity contribution is 6.43. The predicted octanol–water partition coefficient (Wildman–Crippen LogP) is 2.36. The van der Waals surface area contributed by atoms with Crippen LogP contribution in [-0.2, 0) is 4.79 Å². The number of rotatable bonds is 6. The smallest absolute Gasteiger partial charge is 0.226 e. The molecule has 110 valence electrons. The minimum atomic E-state index is -0.480. The van der Waals surface area contributed by atoms with Gasteiger partial charge in [-0.3, -0.25) is 4.79 Å². The number of carbonyl (C=O) groups excluding carboxylic acids is 1. The summed E-state index contributed by atoms with van der Waals surface area (Å²) in [7, 11) is 1.10. The molecule has 0 radical (unpaired) electrons. The van der Waals surface area contributed by atoms with E-state index in [1.54, 1.807) is 6.92 Å². The zero-order valence-corrected chi connectivity index (χ0v) is 13.5. The summed E-state index contributed by atoms with van der Waals surface area (Å²) in [5.74, 6) is 0.138. The van der Waals surface area contributed by atoms with Crippen LogP contribution in [0.5, 0.6) is 0 Å². The monoisotopic (exact) mass is 267 g/mol. The van der Waals surface area contributed by atoms with Crippen LogP contribution in [0.3, 0.4) is 0 Å². The van der Waals surface area contributed by atoms with Crippen LogP contribution in [0.15, 0.2) is 0 Å². The van der Waals surface area contributed by atoms with Crippen molar-refractivity contribution in [3.63, 3.8) is 0 Å². The summed E-state index contributed by atoms with van der Waals surface area (Å²) in [6.07, 6.45) is 2.54. The average molecular weight is 267 g/mol. The number of amides is 1. The van der Waals surface area contributed by atoms with E-state index in [0.29, 0.717) is 6.54 Å². The molecule has 1 amide bonds. The Labute approximate surface area is 118 Å². The average Bonchev–Trinajstić information content (AvgIpc) is 2.78. The Hall–Kier alpha value is -0.505. The van der Waals surface area contributed by atoms with E-state index < -0.39 is 6.10 Å². The van der Waals surface area contributed by atoms with Gasteiger partial charge in [0.2, 0.25) is 5.91 Å². The topological polar surface area (TPSA) is 49.3 Å². The molecule has 1 aliphatic rings. The van der Waals surface area contributed by atoms with Gasteiger partial charge in [-0.05, 0) is 30.5 Å². The van der Waals surface area contributed by atoms with E-state index in [4.69, 9.17) is 0 Å². The number of nitrogens with one attached hydrogen (secondary N) is 1. The molecule has 1 fully saturated rings. The quantitative estimate of drug-likeness (QED) is 0.726. The molecule has 1 rings (SSSR count). The van der Waals surface area contributed by atoms with Crippen molar-refractivity contribution in [2.45, 2.75) is 72.1 Å². The van der Waals surface area contributed by atoms with Crippen LogP contribution in [0.2, 0.25) is 11.6 Å². The fourth-order valence-electron chi connectivity index (χ4n) is 3.53. The number of aliphatic hydroxyl groups is 1. The lowest BCUT2D eigenvalue weighted by Crippen LogP contribution is -2.40. The summed E-state index contributed by atoms with van der Waals surface area (Å²) in [5.41, 5.74) is -0.0795. The fraction of sp³-hybridized carbons (Fsp3) is 0.933. The van der Waals surface area contributed by atoms with E-state index in [1.807, 2.05) is 0 Å². The second-order valence-corrected chi connectivity index (χ2v) is 7.87. The number of carbonyl (C=O) groups is 1. The van der Waals surface area contributed by atoms with Crippen molar-refractivity contribution in [3.05, 3.63) is 0 Å². The molecule has 0 aromatic heterocycles. The Morgan fingerprint density at radius 3 is 2.47 bits per heavy atom. The van der Waals surface area contributed by atoms with Crippen molar-refractivity contribution in [1.82, 2.24) is 5.32 Å². The van der Waals surface area contributed by atoms with Gasteiger partial charge in [-0.1, -0.05) is 40.9 Å². The third-order valence-electron chi connectivity index (χ3n) is 4.35. The van der Waals surface area contributed by atoms with Gasteiger partial charge in [0.25, 0.3) is 0 Å². The molecule has 0 aromatic carbocycles. The zero-order valence-electron chi connectivity index (χ0n) is 13.5. The van der Waals surface area contributed by atoms with Gasteiger partial charge < -0.3 is 10.4 Å². The molecule has 3 unspecified atom stereocenters. The first-order valence-electron chi connectivity index (χ1n) is 7.53. The standard InChI is InChI=1S/C15H30BNO2/c1-7-16-14(6)10-15(14,9-13(3,4)5)12(19)17-8-11(2)18/h11,16,18H,7-10H2,1-6H3,(H,17,19). The molecule has 0 aromatic rings. The van der Waals surface area contributed by atoms with Crippen LogP contribution in [-0.4, -0.2) is 30.9 Å². The highest BCUT2D eigenvalue weighted by atomic mass is 16.3. The van der Waals surface area contributed by atoms with Crippen molar-refractivity contribution >= 4 is 13.2 Å². The second kappa shape index (κ2) is 5.47. The van der Waals surface area contributed by atoms with Crippen molar-refractivity contribution < 1.29 is 9.90 Å². The van der Waals surface area contributed by atoms with Crippen molar-refractivity contribution in [3.8, 4) is 0 Å². The van der Waals surface area contributed by atoms with E-state index in [0.717, 1.165) is 26.4 Å². The van der Waals surface area contributed by atoms with E-state index in [-0.39, 0.29) is 22.1 Å². The minimum absolute atomic E-state index is 0.137. The minimum Gasteiger partial charge on any atom is -0.392 e. The van der Waals surface area contributed by atoms with E-state index in [9.17, 15) is 9.90 Å². The highest BCUT2D eigenvalue weighted by Gasteiger charge is 2.68. The van der Waals surface area contributed by atoms with Gasteiger partial charge in [0.1, 0.15) is 7.28 Å². The Morgan fingerprint density at radius 1 is 1.47 bits per heavy atom. The van der Waals surface area contributed by atoms with Gasteiger partial charge in [0.05, 0.1) is 6.10 Å². The first kappa shape index (κ1) is 16.5. The molecule has 0 heterocycles. The van der Waals surface area contributed by atoms with Crippen molar-refractivity contribution in [1.29, 1.82) is 0 Å². The van der Waals surface area contributed by atoms with Crippen molar-refractivity contribution in [2.75, 3.05) is 6.54 Å². The van der Waals surface area contributed by atoms with Crippen molar-refractivity contribution in [2.24, 2.45) is 10.8 Å². The van der Waals surface area contributed by atoms with Gasteiger partial charge in [0, 0.05) is 12.0 Å². The summed E-state index contributed by atoms with van der Waals surface area (Å²) >= 11 is 0.